The van der Waals surface area contributed by atoms with Crippen LogP contribution in [-0.2, 0) is 22.5 Å². The van der Waals surface area contributed by atoms with Gasteiger partial charge >= 0.3 is 6.03 Å². The van der Waals surface area contributed by atoms with Crippen LogP contribution in [0.15, 0.2) is 35.8 Å². The highest BCUT2D eigenvalue weighted by Gasteiger charge is 2.57. The molecule has 3 heterocycles. The van der Waals surface area contributed by atoms with Crippen LogP contribution in [0.2, 0.25) is 0 Å². The van der Waals surface area contributed by atoms with Crippen LogP contribution in [0.1, 0.15) is 23.4 Å². The molecule has 0 atom stereocenters. The third kappa shape index (κ3) is 4.51. The van der Waals surface area contributed by atoms with Crippen molar-refractivity contribution in [3.63, 3.8) is 0 Å². The van der Waals surface area contributed by atoms with Gasteiger partial charge in [0.25, 0.3) is 5.91 Å². The number of likely N-dealkylation sites (tertiary alicyclic amines) is 1. The average molecular weight is 459 g/mol. The van der Waals surface area contributed by atoms with Gasteiger partial charge in [-0.25, -0.2) is 9.78 Å². The van der Waals surface area contributed by atoms with Crippen LogP contribution >= 0.6 is 11.3 Å². The van der Waals surface area contributed by atoms with E-state index in [4.69, 9.17) is 9.47 Å². The highest BCUT2D eigenvalue weighted by Crippen LogP contribution is 2.37. The Labute approximate surface area is 192 Å². The lowest BCUT2D eigenvalue weighted by Crippen LogP contribution is -2.56. The molecule has 9 heteroatoms. The molecule has 2 aliphatic rings. The number of carbonyl (C=O) groups is 2. The summed E-state index contributed by atoms with van der Waals surface area (Å²) in [6.45, 7) is 3.45. The fraction of sp³-hybridized carbons (Fsp3) is 0.522. The molecule has 2 aromatic rings. The molecule has 1 aromatic heterocycles. The van der Waals surface area contributed by atoms with Crippen molar-refractivity contribution in [2.24, 2.45) is 0 Å². The van der Waals surface area contributed by atoms with Gasteiger partial charge in [-0.15, -0.1) is 11.3 Å². The van der Waals surface area contributed by atoms with Crippen LogP contribution in [-0.4, -0.2) is 84.2 Å². The minimum absolute atomic E-state index is 0.0804. The van der Waals surface area contributed by atoms with Gasteiger partial charge in [0.05, 0.1) is 26.8 Å². The summed E-state index contributed by atoms with van der Waals surface area (Å²) in [4.78, 5) is 36.7. The molecular formula is C23H30N4O4S. The minimum Gasteiger partial charge on any atom is -0.497 e. The van der Waals surface area contributed by atoms with Crippen molar-refractivity contribution in [1.82, 2.24) is 19.7 Å². The number of imide groups is 1. The molecule has 0 radical (unpaired) electrons. The van der Waals surface area contributed by atoms with Crippen molar-refractivity contribution in [3.8, 4) is 5.75 Å². The molecule has 3 amide bonds. The van der Waals surface area contributed by atoms with Crippen LogP contribution < -0.4 is 4.74 Å². The second-order valence-corrected chi connectivity index (χ2v) is 9.19. The van der Waals surface area contributed by atoms with E-state index in [-0.39, 0.29) is 18.5 Å². The molecule has 0 N–H and O–H groups in total. The molecule has 2 fully saturated rings. The fourth-order valence-electron chi connectivity index (χ4n) is 4.59. The number of benzene rings is 1. The van der Waals surface area contributed by atoms with E-state index >= 15 is 0 Å². The van der Waals surface area contributed by atoms with E-state index in [1.54, 1.807) is 25.6 Å². The number of piperidine rings is 1. The van der Waals surface area contributed by atoms with Crippen molar-refractivity contribution in [2.45, 2.75) is 31.3 Å². The van der Waals surface area contributed by atoms with Gasteiger partial charge in [-0.1, -0.05) is 12.1 Å². The Morgan fingerprint density at radius 3 is 2.47 bits per heavy atom. The lowest BCUT2D eigenvalue weighted by molar-refractivity contribution is -0.136. The number of hydrogen-bond donors (Lipinski definition) is 0. The van der Waals surface area contributed by atoms with Gasteiger partial charge < -0.3 is 14.4 Å². The quantitative estimate of drug-likeness (QED) is 0.538. The van der Waals surface area contributed by atoms with E-state index in [0.29, 0.717) is 32.4 Å². The Morgan fingerprint density at radius 1 is 1.09 bits per heavy atom. The van der Waals surface area contributed by atoms with E-state index in [2.05, 4.69) is 9.88 Å². The zero-order valence-corrected chi connectivity index (χ0v) is 19.5. The Morgan fingerprint density at radius 2 is 1.84 bits per heavy atom. The third-order valence-electron chi connectivity index (χ3n) is 6.45. The maximum absolute atomic E-state index is 13.5. The first kappa shape index (κ1) is 22.7. The summed E-state index contributed by atoms with van der Waals surface area (Å²) in [5.41, 5.74) is 0.342. The first-order valence-electron chi connectivity index (χ1n) is 10.9. The molecule has 2 saturated heterocycles. The van der Waals surface area contributed by atoms with Gasteiger partial charge in [-0.2, -0.15) is 0 Å². The third-order valence-corrected chi connectivity index (χ3v) is 7.21. The number of urea groups is 1. The predicted octanol–water partition coefficient (Wildman–Crippen LogP) is 2.64. The second kappa shape index (κ2) is 9.97. The molecule has 8 nitrogen and oxygen atoms in total. The lowest BCUT2D eigenvalue weighted by atomic mass is 9.85. The van der Waals surface area contributed by atoms with Crippen LogP contribution in [0.25, 0.3) is 0 Å². The molecule has 32 heavy (non-hydrogen) atoms. The highest BCUT2D eigenvalue weighted by molar-refractivity contribution is 7.09. The first-order chi connectivity index (χ1) is 15.6. The summed E-state index contributed by atoms with van der Waals surface area (Å²) in [7, 11) is 3.22. The molecule has 0 saturated carbocycles. The van der Waals surface area contributed by atoms with E-state index in [9.17, 15) is 9.59 Å². The van der Waals surface area contributed by atoms with Crippen LogP contribution in [0.5, 0.6) is 5.75 Å². The molecule has 1 aromatic carbocycles. The van der Waals surface area contributed by atoms with Gasteiger partial charge in [-0.3, -0.25) is 14.6 Å². The smallest absolute Gasteiger partial charge is 0.327 e. The van der Waals surface area contributed by atoms with E-state index in [1.807, 2.05) is 40.7 Å². The number of methoxy groups -OCH3 is 2. The Bertz CT molecular complexity index is 911. The molecule has 0 bridgehead atoms. The van der Waals surface area contributed by atoms with Crippen LogP contribution in [0, 0.1) is 0 Å². The van der Waals surface area contributed by atoms with E-state index < -0.39 is 5.54 Å². The fourth-order valence-corrected chi connectivity index (χ4v) is 5.25. The summed E-state index contributed by atoms with van der Waals surface area (Å²) < 4.78 is 10.4. The van der Waals surface area contributed by atoms with Gasteiger partial charge in [0.2, 0.25) is 0 Å². The molecule has 172 valence electrons. The molecule has 2 aliphatic heterocycles. The van der Waals surface area contributed by atoms with Crippen molar-refractivity contribution < 1.29 is 19.1 Å². The average Bonchev–Trinajstić information content (AvgIpc) is 3.39. The Kier molecular flexibility index (Phi) is 7.07. The van der Waals surface area contributed by atoms with Crippen LogP contribution in [0.4, 0.5) is 4.79 Å². The van der Waals surface area contributed by atoms with Crippen LogP contribution in [0.3, 0.4) is 0 Å². The maximum atomic E-state index is 13.5. The summed E-state index contributed by atoms with van der Waals surface area (Å²) in [5, 5.41) is 3.06. The molecule has 0 aliphatic carbocycles. The van der Waals surface area contributed by atoms with Crippen molar-refractivity contribution in [3.05, 3.63) is 46.4 Å². The van der Waals surface area contributed by atoms with E-state index in [0.717, 1.165) is 36.0 Å². The standard InChI is InChI=1S/C23H30N4O4S/c1-30-15-14-26-21(28)23(8-12-25(13-9-23)17-20-24-10-16-32-20)27(22(26)29)11-7-18-3-5-19(31-2)6-4-18/h3-6,10,16H,7-9,11-15,17H2,1-2H3. The summed E-state index contributed by atoms with van der Waals surface area (Å²) >= 11 is 1.64. The number of carbonyl (C=O) groups excluding carboxylic acids is 2. The topological polar surface area (TPSA) is 75.2 Å². The van der Waals surface area contributed by atoms with Crippen molar-refractivity contribution >= 4 is 23.3 Å². The molecule has 4 rings (SSSR count). The number of nitrogens with zero attached hydrogens (tertiary/aromatic N) is 4. The second-order valence-electron chi connectivity index (χ2n) is 8.22. The van der Waals surface area contributed by atoms with Gasteiger partial charge in [0, 0.05) is 38.3 Å². The number of aromatic nitrogens is 1. The van der Waals surface area contributed by atoms with Gasteiger partial charge in [0.15, 0.2) is 0 Å². The van der Waals surface area contributed by atoms with Crippen molar-refractivity contribution in [1.29, 1.82) is 0 Å². The lowest BCUT2D eigenvalue weighted by Gasteiger charge is -2.42. The SMILES string of the molecule is COCCN1C(=O)N(CCc2ccc(OC)cc2)C2(CCN(Cc3nccs3)CC2)C1=O. The number of ether oxygens (including phenoxy) is 2. The largest absolute Gasteiger partial charge is 0.497 e. The normalized spacial score (nSPS) is 18.7. The zero-order chi connectivity index (χ0) is 22.6. The summed E-state index contributed by atoms with van der Waals surface area (Å²) in [5.74, 6) is 0.721. The van der Waals surface area contributed by atoms with Gasteiger partial charge in [0.1, 0.15) is 16.3 Å². The first-order valence-corrected chi connectivity index (χ1v) is 11.8. The molecule has 1 spiro atoms. The molecular weight excluding hydrogens is 428 g/mol. The monoisotopic (exact) mass is 458 g/mol. The maximum Gasteiger partial charge on any atom is 0.327 e. The minimum atomic E-state index is -0.767. The Balaban J connectivity index is 1.48. The Hall–Kier alpha value is -2.49. The number of thiazole rings is 1. The number of hydrogen-bond acceptors (Lipinski definition) is 7. The van der Waals surface area contributed by atoms with Gasteiger partial charge in [-0.05, 0) is 37.0 Å². The highest BCUT2D eigenvalue weighted by atomic mass is 32.1. The summed E-state index contributed by atoms with van der Waals surface area (Å²) in [6.07, 6.45) is 3.77. The van der Waals surface area contributed by atoms with Crippen molar-refractivity contribution in [2.75, 3.05) is 47.0 Å². The molecule has 0 unspecified atom stereocenters. The predicted molar refractivity (Wildman–Crippen MR) is 122 cm³/mol. The zero-order valence-electron chi connectivity index (χ0n) is 18.7. The summed E-state index contributed by atoms with van der Waals surface area (Å²) in [6, 6.07) is 7.66. The van der Waals surface area contributed by atoms with E-state index in [1.165, 1.54) is 4.90 Å². The number of rotatable bonds is 9. The number of amides is 3.